The summed E-state index contributed by atoms with van der Waals surface area (Å²) in [5, 5.41) is 5.32. The lowest BCUT2D eigenvalue weighted by Gasteiger charge is -2.01. The zero-order valence-corrected chi connectivity index (χ0v) is 9.97. The van der Waals surface area contributed by atoms with E-state index in [1.165, 1.54) is 11.3 Å². The summed E-state index contributed by atoms with van der Waals surface area (Å²) in [5.74, 6) is -0.116. The standard InChI is InChI=1S/C12H12N2OS/c1-8-3-5-10(6-4-8)11(15)14-12-13-9(2)7-16-12/h3-7H,1-2H3,(H,13,14,15). The molecule has 2 rings (SSSR count). The first-order valence-corrected chi connectivity index (χ1v) is 5.83. The predicted octanol–water partition coefficient (Wildman–Crippen LogP) is 3.01. The van der Waals surface area contributed by atoms with Crippen LogP contribution in [-0.2, 0) is 0 Å². The van der Waals surface area contributed by atoms with E-state index >= 15 is 0 Å². The largest absolute Gasteiger partial charge is 0.298 e. The minimum Gasteiger partial charge on any atom is -0.298 e. The molecule has 0 aliphatic rings. The molecule has 0 saturated carbocycles. The number of rotatable bonds is 2. The van der Waals surface area contributed by atoms with Gasteiger partial charge in [-0.05, 0) is 26.0 Å². The van der Waals surface area contributed by atoms with Gasteiger partial charge >= 0.3 is 0 Å². The molecule has 1 heterocycles. The molecule has 0 aliphatic carbocycles. The molecule has 0 atom stereocenters. The monoisotopic (exact) mass is 232 g/mol. The second-order valence-electron chi connectivity index (χ2n) is 3.61. The fraction of sp³-hybridized carbons (Fsp3) is 0.167. The quantitative estimate of drug-likeness (QED) is 0.864. The van der Waals surface area contributed by atoms with Crippen molar-refractivity contribution in [1.82, 2.24) is 4.98 Å². The lowest BCUT2D eigenvalue weighted by Crippen LogP contribution is -2.11. The summed E-state index contributed by atoms with van der Waals surface area (Å²) in [4.78, 5) is 16.0. The fourth-order valence-corrected chi connectivity index (χ4v) is 1.97. The summed E-state index contributed by atoms with van der Waals surface area (Å²) in [6, 6.07) is 7.46. The second kappa shape index (κ2) is 4.45. The number of benzene rings is 1. The van der Waals surface area contributed by atoms with Crippen molar-refractivity contribution in [3.63, 3.8) is 0 Å². The third-order valence-electron chi connectivity index (χ3n) is 2.15. The molecule has 0 aliphatic heterocycles. The number of hydrogen-bond donors (Lipinski definition) is 1. The van der Waals surface area contributed by atoms with Crippen molar-refractivity contribution >= 4 is 22.4 Å². The Labute approximate surface area is 98.2 Å². The Morgan fingerprint density at radius 2 is 1.94 bits per heavy atom. The summed E-state index contributed by atoms with van der Waals surface area (Å²) >= 11 is 1.43. The van der Waals surface area contributed by atoms with Crippen LogP contribution in [0.15, 0.2) is 29.6 Å². The molecule has 82 valence electrons. The van der Waals surface area contributed by atoms with Crippen LogP contribution in [0.5, 0.6) is 0 Å². The van der Waals surface area contributed by atoms with Gasteiger partial charge in [0.1, 0.15) is 0 Å². The Bertz CT molecular complexity index is 502. The van der Waals surface area contributed by atoms with Gasteiger partial charge in [0.25, 0.3) is 5.91 Å². The molecule has 4 heteroatoms. The van der Waals surface area contributed by atoms with E-state index in [-0.39, 0.29) is 5.91 Å². The van der Waals surface area contributed by atoms with Crippen LogP contribution < -0.4 is 5.32 Å². The smallest absolute Gasteiger partial charge is 0.257 e. The molecule has 0 bridgehead atoms. The molecule has 1 aromatic carbocycles. The van der Waals surface area contributed by atoms with Crippen LogP contribution >= 0.6 is 11.3 Å². The van der Waals surface area contributed by atoms with Crippen LogP contribution in [0.1, 0.15) is 21.6 Å². The number of hydrogen-bond acceptors (Lipinski definition) is 3. The van der Waals surface area contributed by atoms with E-state index in [9.17, 15) is 4.79 Å². The Morgan fingerprint density at radius 1 is 1.25 bits per heavy atom. The van der Waals surface area contributed by atoms with Gasteiger partial charge in [-0.15, -0.1) is 11.3 Å². The number of thiazole rings is 1. The number of carbonyl (C=O) groups excluding carboxylic acids is 1. The molecule has 3 nitrogen and oxygen atoms in total. The predicted molar refractivity (Wildman–Crippen MR) is 66.0 cm³/mol. The maximum absolute atomic E-state index is 11.8. The lowest BCUT2D eigenvalue weighted by molar-refractivity contribution is 0.102. The van der Waals surface area contributed by atoms with Crippen LogP contribution in [0.4, 0.5) is 5.13 Å². The van der Waals surface area contributed by atoms with Crippen molar-refractivity contribution in [2.24, 2.45) is 0 Å². The molecule has 1 N–H and O–H groups in total. The average Bonchev–Trinajstić information content (AvgIpc) is 2.65. The number of carbonyl (C=O) groups is 1. The fourth-order valence-electron chi connectivity index (χ4n) is 1.29. The molecule has 0 unspecified atom stereocenters. The molecule has 16 heavy (non-hydrogen) atoms. The minimum absolute atomic E-state index is 0.116. The van der Waals surface area contributed by atoms with E-state index in [0.29, 0.717) is 10.7 Å². The van der Waals surface area contributed by atoms with Crippen LogP contribution in [0.25, 0.3) is 0 Å². The first-order valence-electron chi connectivity index (χ1n) is 4.95. The van der Waals surface area contributed by atoms with Crippen molar-refractivity contribution in [3.8, 4) is 0 Å². The van der Waals surface area contributed by atoms with Gasteiger partial charge in [0.2, 0.25) is 0 Å². The van der Waals surface area contributed by atoms with E-state index in [0.717, 1.165) is 11.3 Å². The van der Waals surface area contributed by atoms with Crippen molar-refractivity contribution < 1.29 is 4.79 Å². The number of nitrogens with one attached hydrogen (secondary N) is 1. The highest BCUT2D eigenvalue weighted by atomic mass is 32.1. The SMILES string of the molecule is Cc1ccc(C(=O)Nc2nc(C)cs2)cc1. The van der Waals surface area contributed by atoms with Gasteiger partial charge in [0.15, 0.2) is 5.13 Å². The van der Waals surface area contributed by atoms with Gasteiger partial charge < -0.3 is 0 Å². The summed E-state index contributed by atoms with van der Waals surface area (Å²) < 4.78 is 0. The van der Waals surface area contributed by atoms with E-state index in [1.54, 1.807) is 0 Å². The van der Waals surface area contributed by atoms with Crippen molar-refractivity contribution in [2.75, 3.05) is 5.32 Å². The lowest BCUT2D eigenvalue weighted by atomic mass is 10.1. The van der Waals surface area contributed by atoms with Gasteiger partial charge in [-0.3, -0.25) is 10.1 Å². The van der Waals surface area contributed by atoms with Gasteiger partial charge in [-0.2, -0.15) is 0 Å². The molecule has 1 amide bonds. The first-order chi connectivity index (χ1) is 7.65. The Hall–Kier alpha value is -1.68. The van der Waals surface area contributed by atoms with E-state index < -0.39 is 0 Å². The summed E-state index contributed by atoms with van der Waals surface area (Å²) in [6.07, 6.45) is 0. The van der Waals surface area contributed by atoms with Crippen molar-refractivity contribution in [1.29, 1.82) is 0 Å². The molecule has 0 radical (unpaired) electrons. The van der Waals surface area contributed by atoms with Crippen LogP contribution in [0, 0.1) is 13.8 Å². The molecule has 0 saturated heterocycles. The second-order valence-corrected chi connectivity index (χ2v) is 4.47. The molecule has 1 aromatic heterocycles. The third-order valence-corrected chi connectivity index (χ3v) is 3.03. The molecule has 0 spiro atoms. The van der Waals surface area contributed by atoms with Gasteiger partial charge in [-0.1, -0.05) is 17.7 Å². The van der Waals surface area contributed by atoms with E-state index in [2.05, 4.69) is 10.3 Å². The molecular formula is C12H12N2OS. The number of aryl methyl sites for hydroxylation is 2. The topological polar surface area (TPSA) is 42.0 Å². The van der Waals surface area contributed by atoms with Gasteiger partial charge in [0.05, 0.1) is 5.69 Å². The molecule has 0 fully saturated rings. The first kappa shape index (κ1) is 10.8. The summed E-state index contributed by atoms with van der Waals surface area (Å²) in [7, 11) is 0. The maximum atomic E-state index is 11.8. The number of aromatic nitrogens is 1. The number of anilines is 1. The Kier molecular flexibility index (Phi) is 3.01. The highest BCUT2D eigenvalue weighted by Crippen LogP contribution is 2.15. The van der Waals surface area contributed by atoms with Gasteiger partial charge in [-0.25, -0.2) is 4.98 Å². The minimum atomic E-state index is -0.116. The van der Waals surface area contributed by atoms with Crippen molar-refractivity contribution in [2.45, 2.75) is 13.8 Å². The van der Waals surface area contributed by atoms with Crippen LogP contribution in [0.2, 0.25) is 0 Å². The third kappa shape index (κ3) is 2.46. The summed E-state index contributed by atoms with van der Waals surface area (Å²) in [5.41, 5.74) is 2.71. The number of nitrogens with zero attached hydrogens (tertiary/aromatic N) is 1. The van der Waals surface area contributed by atoms with E-state index in [1.807, 2.05) is 43.5 Å². The zero-order valence-electron chi connectivity index (χ0n) is 9.15. The van der Waals surface area contributed by atoms with Crippen molar-refractivity contribution in [3.05, 3.63) is 46.5 Å². The van der Waals surface area contributed by atoms with E-state index in [4.69, 9.17) is 0 Å². The van der Waals surface area contributed by atoms with Gasteiger partial charge in [0, 0.05) is 10.9 Å². The number of amides is 1. The van der Waals surface area contributed by atoms with Crippen LogP contribution in [0.3, 0.4) is 0 Å². The zero-order chi connectivity index (χ0) is 11.5. The normalized spacial score (nSPS) is 10.1. The maximum Gasteiger partial charge on any atom is 0.257 e. The highest BCUT2D eigenvalue weighted by molar-refractivity contribution is 7.13. The van der Waals surface area contributed by atoms with Crippen LogP contribution in [-0.4, -0.2) is 10.9 Å². The Morgan fingerprint density at radius 3 is 2.50 bits per heavy atom. The molecule has 2 aromatic rings. The molecular weight excluding hydrogens is 220 g/mol. The highest BCUT2D eigenvalue weighted by Gasteiger charge is 2.07. The summed E-state index contributed by atoms with van der Waals surface area (Å²) in [6.45, 7) is 3.89. The average molecular weight is 232 g/mol. The Balaban J connectivity index is 2.11.